The van der Waals surface area contributed by atoms with Gasteiger partial charge in [-0.05, 0) is 11.6 Å². The topological polar surface area (TPSA) is 36.7 Å². The maximum Gasteiger partial charge on any atom is 0.242 e. The molecule has 1 N–H and O–H groups in total. The lowest BCUT2D eigenvalue weighted by atomic mass is 10.0. The van der Waals surface area contributed by atoms with E-state index in [1.165, 1.54) is 0 Å². The highest BCUT2D eigenvalue weighted by Crippen LogP contribution is 2.27. The first kappa shape index (κ1) is 17.3. The monoisotopic (exact) mass is 346 g/mol. The number of rotatable bonds is 5. The van der Waals surface area contributed by atoms with Gasteiger partial charge in [0.1, 0.15) is 0 Å². The Balaban J connectivity index is 0.00000192. The highest BCUT2D eigenvalue weighted by Gasteiger charge is 2.21. The Morgan fingerprint density at radius 1 is 0.957 bits per heavy atom. The summed E-state index contributed by atoms with van der Waals surface area (Å²) in [4.78, 5) is 14.4. The number of imidazole rings is 1. The van der Waals surface area contributed by atoms with Crippen molar-refractivity contribution in [3.63, 3.8) is 0 Å². The van der Waals surface area contributed by atoms with Crippen molar-refractivity contribution in [3.8, 4) is 22.5 Å². The van der Waals surface area contributed by atoms with Crippen LogP contribution in [0.25, 0.3) is 22.5 Å². The maximum absolute atomic E-state index is 11.1. The fraction of sp³-hybridized carbons (Fsp3) is 0.111. The van der Waals surface area contributed by atoms with Gasteiger partial charge in [0.05, 0.1) is 13.0 Å². The molecule has 5 heteroatoms. The number of halogens is 2. The average Bonchev–Trinajstić information content (AvgIpc) is 2.98. The van der Waals surface area contributed by atoms with Crippen molar-refractivity contribution in [3.05, 3.63) is 67.0 Å². The predicted molar refractivity (Wildman–Crippen MR) is 87.3 cm³/mol. The lowest BCUT2D eigenvalue weighted by molar-refractivity contribution is -0.683. The van der Waals surface area contributed by atoms with E-state index < -0.39 is 0 Å². The van der Waals surface area contributed by atoms with Crippen molar-refractivity contribution in [1.29, 1.82) is 0 Å². The zero-order chi connectivity index (χ0) is 15.4. The highest BCUT2D eigenvalue weighted by molar-refractivity contribution is 6.63. The van der Waals surface area contributed by atoms with E-state index in [-0.39, 0.29) is 17.6 Å². The van der Waals surface area contributed by atoms with Crippen LogP contribution in [0.1, 0.15) is 6.42 Å². The number of benzene rings is 2. The molecule has 0 saturated heterocycles. The molecule has 0 atom stereocenters. The Labute approximate surface area is 146 Å². The average molecular weight is 347 g/mol. The molecule has 0 spiro atoms. The van der Waals surface area contributed by atoms with E-state index in [1.54, 1.807) is 0 Å². The molecule has 3 rings (SSSR count). The van der Waals surface area contributed by atoms with Gasteiger partial charge in [-0.1, -0.05) is 60.7 Å². The Kier molecular flexibility index (Phi) is 5.97. The minimum absolute atomic E-state index is 0. The third-order valence-corrected chi connectivity index (χ3v) is 3.74. The summed E-state index contributed by atoms with van der Waals surface area (Å²) in [5.41, 5.74) is 4.31. The van der Waals surface area contributed by atoms with E-state index >= 15 is 0 Å². The minimum Gasteiger partial charge on any atom is -1.00 e. The summed E-state index contributed by atoms with van der Waals surface area (Å²) in [6.07, 6.45) is 2.20. The summed E-state index contributed by atoms with van der Waals surface area (Å²) in [5, 5.41) is -0.325. The van der Waals surface area contributed by atoms with Crippen molar-refractivity contribution in [2.45, 2.75) is 13.0 Å². The number of carbonyl (C=O) groups excluding carboxylic acids is 1. The van der Waals surface area contributed by atoms with Crippen molar-refractivity contribution in [2.75, 3.05) is 0 Å². The number of hydrogen-bond acceptors (Lipinski definition) is 1. The Bertz CT molecular complexity index is 770. The SMILES string of the molecule is O=C(Cl)CC[n+]1c[nH]c(-c2ccccc2)c1-c1ccccc1.[Cl-]. The van der Waals surface area contributed by atoms with Crippen molar-refractivity contribution in [1.82, 2.24) is 4.98 Å². The maximum atomic E-state index is 11.1. The highest BCUT2D eigenvalue weighted by atomic mass is 35.5. The number of nitrogens with one attached hydrogen (secondary N) is 1. The number of nitrogens with zero attached hydrogens (tertiary/aromatic N) is 1. The van der Waals surface area contributed by atoms with Gasteiger partial charge in [-0.15, -0.1) is 0 Å². The first-order chi connectivity index (χ1) is 10.8. The normalized spacial score (nSPS) is 10.1. The predicted octanol–water partition coefficient (Wildman–Crippen LogP) is 0.796. The van der Waals surface area contributed by atoms with Gasteiger partial charge >= 0.3 is 0 Å². The summed E-state index contributed by atoms with van der Waals surface area (Å²) in [6, 6.07) is 20.3. The third-order valence-electron chi connectivity index (χ3n) is 3.55. The molecule has 23 heavy (non-hydrogen) atoms. The van der Waals surface area contributed by atoms with Gasteiger partial charge in [0.2, 0.25) is 11.6 Å². The van der Waals surface area contributed by atoms with E-state index in [0.29, 0.717) is 13.0 Å². The van der Waals surface area contributed by atoms with Crippen molar-refractivity contribution >= 4 is 16.8 Å². The number of aromatic amines is 1. The molecule has 0 aliphatic heterocycles. The summed E-state index contributed by atoms with van der Waals surface area (Å²) in [7, 11) is 0. The van der Waals surface area contributed by atoms with Crippen LogP contribution in [0.3, 0.4) is 0 Å². The Hall–Kier alpha value is -2.10. The molecule has 0 radical (unpaired) electrons. The van der Waals surface area contributed by atoms with Crippen LogP contribution in [0.5, 0.6) is 0 Å². The molecule has 1 heterocycles. The second kappa shape index (κ2) is 7.95. The molecule has 3 nitrogen and oxygen atoms in total. The summed E-state index contributed by atoms with van der Waals surface area (Å²) < 4.78 is 2.04. The molecular weight excluding hydrogens is 331 g/mol. The van der Waals surface area contributed by atoms with E-state index in [4.69, 9.17) is 11.6 Å². The quantitative estimate of drug-likeness (QED) is 0.538. The molecule has 0 amide bonds. The lowest BCUT2D eigenvalue weighted by Gasteiger charge is -2.04. The van der Waals surface area contributed by atoms with Crippen LogP contribution in [-0.2, 0) is 11.3 Å². The smallest absolute Gasteiger partial charge is 0.242 e. The van der Waals surface area contributed by atoms with E-state index in [1.807, 2.05) is 47.3 Å². The molecule has 0 aliphatic rings. The number of aromatic nitrogens is 2. The molecule has 2 aromatic carbocycles. The second-order valence-electron chi connectivity index (χ2n) is 5.03. The van der Waals surface area contributed by atoms with Crippen LogP contribution in [0.4, 0.5) is 0 Å². The molecular formula is C18H16Cl2N2O. The first-order valence-electron chi connectivity index (χ1n) is 7.15. The molecule has 0 fully saturated rings. The van der Waals surface area contributed by atoms with E-state index in [9.17, 15) is 4.79 Å². The van der Waals surface area contributed by atoms with Crippen molar-refractivity contribution < 1.29 is 21.8 Å². The van der Waals surface area contributed by atoms with Crippen LogP contribution in [0, 0.1) is 0 Å². The largest absolute Gasteiger partial charge is 1.00 e. The Morgan fingerprint density at radius 3 is 2.09 bits per heavy atom. The minimum atomic E-state index is -0.325. The molecule has 0 saturated carbocycles. The number of H-pyrrole nitrogens is 1. The molecule has 118 valence electrons. The standard InChI is InChI=1S/C18H15ClN2O.ClH/c19-16(22)11-12-21-13-20-17(14-7-3-1-4-8-14)18(21)15-9-5-2-6-10-15;/h1-10,13H,11-12H2;1H. The van der Waals surface area contributed by atoms with Gasteiger partial charge in [0.15, 0.2) is 11.4 Å². The van der Waals surface area contributed by atoms with Crippen LogP contribution >= 0.6 is 11.6 Å². The number of aryl methyl sites for hydroxylation is 1. The Morgan fingerprint density at radius 2 is 1.52 bits per heavy atom. The van der Waals surface area contributed by atoms with E-state index in [0.717, 1.165) is 22.5 Å². The van der Waals surface area contributed by atoms with Crippen LogP contribution in [-0.4, -0.2) is 10.2 Å². The summed E-state index contributed by atoms with van der Waals surface area (Å²) in [5.74, 6) is 0. The van der Waals surface area contributed by atoms with Gasteiger partial charge < -0.3 is 12.4 Å². The van der Waals surface area contributed by atoms with E-state index in [2.05, 4.69) is 29.2 Å². The fourth-order valence-electron chi connectivity index (χ4n) is 2.53. The fourth-order valence-corrected chi connectivity index (χ4v) is 2.62. The zero-order valence-electron chi connectivity index (χ0n) is 12.4. The van der Waals surface area contributed by atoms with Gasteiger partial charge in [0, 0.05) is 11.1 Å². The van der Waals surface area contributed by atoms with Crippen LogP contribution in [0.15, 0.2) is 67.0 Å². The van der Waals surface area contributed by atoms with Gasteiger partial charge in [-0.2, -0.15) is 0 Å². The van der Waals surface area contributed by atoms with Gasteiger partial charge in [-0.25, -0.2) is 9.55 Å². The summed E-state index contributed by atoms with van der Waals surface area (Å²) in [6.45, 7) is 0.551. The lowest BCUT2D eigenvalue weighted by Crippen LogP contribution is -3.00. The van der Waals surface area contributed by atoms with Crippen molar-refractivity contribution in [2.24, 2.45) is 0 Å². The molecule has 1 aromatic heterocycles. The first-order valence-corrected chi connectivity index (χ1v) is 7.53. The molecule has 3 aromatic rings. The molecule has 0 unspecified atom stereocenters. The van der Waals surface area contributed by atoms with Gasteiger partial charge in [0.25, 0.3) is 0 Å². The molecule has 0 bridgehead atoms. The second-order valence-corrected chi connectivity index (χ2v) is 5.45. The molecule has 0 aliphatic carbocycles. The summed E-state index contributed by atoms with van der Waals surface area (Å²) >= 11 is 5.49. The van der Waals surface area contributed by atoms with Gasteiger partial charge in [-0.3, -0.25) is 4.79 Å². The zero-order valence-corrected chi connectivity index (χ0v) is 13.9. The van der Waals surface area contributed by atoms with Crippen LogP contribution in [0.2, 0.25) is 0 Å². The third kappa shape index (κ3) is 4.01. The van der Waals surface area contributed by atoms with Crippen LogP contribution < -0.4 is 17.0 Å². The number of carbonyl (C=O) groups is 1. The number of hydrogen-bond donors (Lipinski definition) is 1.